The summed E-state index contributed by atoms with van der Waals surface area (Å²) in [6, 6.07) is 10.5. The minimum absolute atomic E-state index is 0.0276. The fourth-order valence-corrected chi connectivity index (χ4v) is 2.40. The highest BCUT2D eigenvalue weighted by molar-refractivity contribution is 6.33. The zero-order valence-electron chi connectivity index (χ0n) is 14.6. The molecule has 0 fully saturated rings. The zero-order chi connectivity index (χ0) is 19.5. The number of nitrogens with one attached hydrogen (secondary N) is 1. The second-order valence-corrected chi connectivity index (χ2v) is 7.29. The van der Waals surface area contributed by atoms with Crippen LogP contribution >= 0.6 is 11.6 Å². The van der Waals surface area contributed by atoms with Crippen molar-refractivity contribution in [3.05, 3.63) is 70.3 Å². The van der Waals surface area contributed by atoms with Crippen LogP contribution in [0.15, 0.2) is 48.5 Å². The van der Waals surface area contributed by atoms with Gasteiger partial charge in [-0.2, -0.15) is 13.2 Å². The number of carbonyl (C=O) groups is 1. The van der Waals surface area contributed by atoms with Crippen molar-refractivity contribution in [2.75, 3.05) is 5.32 Å². The van der Waals surface area contributed by atoms with Crippen LogP contribution in [0, 0.1) is 0 Å². The highest BCUT2D eigenvalue weighted by Gasteiger charge is 2.31. The van der Waals surface area contributed by atoms with Crippen molar-refractivity contribution in [2.45, 2.75) is 32.4 Å². The van der Waals surface area contributed by atoms with Crippen LogP contribution in [0.2, 0.25) is 5.02 Å². The quantitative estimate of drug-likeness (QED) is 0.620. The Balaban J connectivity index is 2.10. The summed E-state index contributed by atoms with van der Waals surface area (Å²) in [6.45, 7) is 6.30. The molecule has 2 aromatic carbocycles. The van der Waals surface area contributed by atoms with E-state index >= 15 is 0 Å². The highest BCUT2D eigenvalue weighted by atomic mass is 35.5. The molecule has 2 rings (SSSR count). The Morgan fingerprint density at radius 1 is 1.00 bits per heavy atom. The van der Waals surface area contributed by atoms with Crippen molar-refractivity contribution in [1.29, 1.82) is 0 Å². The van der Waals surface area contributed by atoms with Crippen molar-refractivity contribution in [2.24, 2.45) is 0 Å². The molecule has 6 heteroatoms. The van der Waals surface area contributed by atoms with E-state index in [1.165, 1.54) is 6.08 Å². The average Bonchev–Trinajstić information content (AvgIpc) is 2.53. The fraction of sp³-hybridized carbons (Fsp3) is 0.250. The van der Waals surface area contributed by atoms with E-state index in [0.717, 1.165) is 29.3 Å². The van der Waals surface area contributed by atoms with E-state index in [1.54, 1.807) is 6.08 Å². The van der Waals surface area contributed by atoms with Gasteiger partial charge in [-0.05, 0) is 40.8 Å². The van der Waals surface area contributed by atoms with Gasteiger partial charge in [0.2, 0.25) is 5.91 Å². The summed E-state index contributed by atoms with van der Waals surface area (Å²) in [5.74, 6) is -0.564. The number of alkyl halides is 3. The molecule has 1 amide bonds. The molecule has 0 bridgehead atoms. The van der Waals surface area contributed by atoms with Gasteiger partial charge in [-0.3, -0.25) is 4.79 Å². The largest absolute Gasteiger partial charge is 0.416 e. The number of carbonyl (C=O) groups excluding carboxylic acids is 1. The van der Waals surface area contributed by atoms with Gasteiger partial charge in [0.15, 0.2) is 0 Å². The minimum Gasteiger partial charge on any atom is -0.321 e. The third-order valence-electron chi connectivity index (χ3n) is 3.76. The van der Waals surface area contributed by atoms with Crippen LogP contribution in [0.1, 0.15) is 37.5 Å². The first-order valence-corrected chi connectivity index (χ1v) is 8.31. The van der Waals surface area contributed by atoms with Crippen molar-refractivity contribution < 1.29 is 18.0 Å². The lowest BCUT2D eigenvalue weighted by atomic mass is 9.87. The van der Waals surface area contributed by atoms with Crippen LogP contribution in [0.4, 0.5) is 18.9 Å². The molecule has 0 saturated carbocycles. The van der Waals surface area contributed by atoms with Crippen LogP contribution in [0.25, 0.3) is 6.08 Å². The molecule has 0 heterocycles. The smallest absolute Gasteiger partial charge is 0.321 e. The van der Waals surface area contributed by atoms with Gasteiger partial charge >= 0.3 is 6.18 Å². The number of halogens is 4. The van der Waals surface area contributed by atoms with Gasteiger partial charge in [0.05, 0.1) is 16.3 Å². The van der Waals surface area contributed by atoms with Gasteiger partial charge in [0.25, 0.3) is 0 Å². The summed E-state index contributed by atoms with van der Waals surface area (Å²) < 4.78 is 38.3. The van der Waals surface area contributed by atoms with Gasteiger partial charge in [0, 0.05) is 6.08 Å². The molecule has 0 aliphatic carbocycles. The van der Waals surface area contributed by atoms with Crippen molar-refractivity contribution in [3.63, 3.8) is 0 Å². The van der Waals surface area contributed by atoms with Crippen molar-refractivity contribution in [1.82, 2.24) is 0 Å². The number of hydrogen-bond donors (Lipinski definition) is 1. The maximum absolute atomic E-state index is 12.8. The SMILES string of the molecule is CC(C)(C)c1ccc(C=CC(=O)Nc2cc(C(F)(F)F)ccc2Cl)cc1. The Hall–Kier alpha value is -2.27. The topological polar surface area (TPSA) is 29.1 Å². The second-order valence-electron chi connectivity index (χ2n) is 6.89. The van der Waals surface area contributed by atoms with E-state index in [0.29, 0.717) is 0 Å². The zero-order valence-corrected chi connectivity index (χ0v) is 15.4. The molecule has 0 aromatic heterocycles. The summed E-state index contributed by atoms with van der Waals surface area (Å²) in [7, 11) is 0. The van der Waals surface area contributed by atoms with Gasteiger partial charge < -0.3 is 5.32 Å². The number of benzene rings is 2. The molecule has 0 spiro atoms. The highest BCUT2D eigenvalue weighted by Crippen LogP contribution is 2.33. The monoisotopic (exact) mass is 381 g/mol. The predicted molar refractivity (Wildman–Crippen MR) is 99.3 cm³/mol. The molecule has 0 radical (unpaired) electrons. The molecule has 0 saturated heterocycles. The van der Waals surface area contributed by atoms with Crippen LogP contribution in [0.3, 0.4) is 0 Å². The third kappa shape index (κ3) is 5.36. The van der Waals surface area contributed by atoms with E-state index in [2.05, 4.69) is 26.1 Å². The van der Waals surface area contributed by atoms with Crippen molar-refractivity contribution in [3.8, 4) is 0 Å². The first kappa shape index (κ1) is 20.0. The standard InChI is InChI=1S/C20H19ClF3NO/c1-19(2,3)14-7-4-13(5-8-14)6-11-18(26)25-17-12-15(20(22,23)24)9-10-16(17)21/h4-12H,1-3H3,(H,25,26). The molecule has 0 atom stereocenters. The average molecular weight is 382 g/mol. The molecule has 2 nitrogen and oxygen atoms in total. The maximum Gasteiger partial charge on any atom is 0.416 e. The number of hydrogen-bond acceptors (Lipinski definition) is 1. The molecule has 0 aliphatic rings. The van der Waals surface area contributed by atoms with Gasteiger partial charge in [-0.1, -0.05) is 56.6 Å². The van der Waals surface area contributed by atoms with Crippen LogP contribution in [-0.2, 0) is 16.4 Å². The van der Waals surface area contributed by atoms with Gasteiger partial charge in [-0.25, -0.2) is 0 Å². The fourth-order valence-electron chi connectivity index (χ4n) is 2.24. The molecule has 0 unspecified atom stereocenters. The van der Waals surface area contributed by atoms with E-state index in [1.807, 2.05) is 24.3 Å². The Labute approximate surface area is 155 Å². The summed E-state index contributed by atoms with van der Waals surface area (Å²) in [4.78, 5) is 12.0. The lowest BCUT2D eigenvalue weighted by Crippen LogP contribution is -2.11. The predicted octanol–water partition coefficient (Wildman–Crippen LogP) is 6.31. The Kier molecular flexibility index (Phi) is 5.81. The number of anilines is 1. The second kappa shape index (κ2) is 7.54. The Morgan fingerprint density at radius 2 is 1.58 bits per heavy atom. The summed E-state index contributed by atoms with van der Waals surface area (Å²) in [5.41, 5.74) is 1.04. The maximum atomic E-state index is 12.8. The number of amides is 1. The van der Waals surface area contributed by atoms with Crippen LogP contribution < -0.4 is 5.32 Å². The molecule has 0 aliphatic heterocycles. The lowest BCUT2D eigenvalue weighted by Gasteiger charge is -2.18. The minimum atomic E-state index is -4.51. The third-order valence-corrected chi connectivity index (χ3v) is 4.09. The van der Waals surface area contributed by atoms with Gasteiger partial charge in [0.1, 0.15) is 0 Å². The Bertz CT molecular complexity index is 818. The first-order valence-electron chi connectivity index (χ1n) is 7.93. The van der Waals surface area contributed by atoms with E-state index < -0.39 is 17.6 Å². The van der Waals surface area contributed by atoms with Crippen LogP contribution in [0.5, 0.6) is 0 Å². The van der Waals surface area contributed by atoms with Crippen LogP contribution in [-0.4, -0.2) is 5.91 Å². The lowest BCUT2D eigenvalue weighted by molar-refractivity contribution is -0.137. The van der Waals surface area contributed by atoms with Crippen molar-refractivity contribution >= 4 is 29.3 Å². The normalized spacial score (nSPS) is 12.4. The number of rotatable bonds is 3. The summed E-state index contributed by atoms with van der Waals surface area (Å²) >= 11 is 5.86. The van der Waals surface area contributed by atoms with Gasteiger partial charge in [-0.15, -0.1) is 0 Å². The first-order chi connectivity index (χ1) is 12.0. The molecule has 26 heavy (non-hydrogen) atoms. The summed E-state index contributed by atoms with van der Waals surface area (Å²) in [5, 5.41) is 2.41. The molecule has 138 valence electrons. The molecular formula is C20H19ClF3NO. The summed E-state index contributed by atoms with van der Waals surface area (Å²) in [6.07, 6.45) is -1.67. The molecular weight excluding hydrogens is 363 g/mol. The Morgan fingerprint density at radius 3 is 2.12 bits per heavy atom. The van der Waals surface area contributed by atoms with E-state index in [4.69, 9.17) is 11.6 Å². The van der Waals surface area contributed by atoms with E-state index in [-0.39, 0.29) is 16.1 Å². The van der Waals surface area contributed by atoms with E-state index in [9.17, 15) is 18.0 Å². The molecule has 1 N–H and O–H groups in total. The molecule has 2 aromatic rings.